The molecule has 1 aromatic carbocycles. The molecular formula is C17H23BrClN3O3. The molecule has 2 aliphatic heterocycles. The number of carbonyl (C=O) groups excluding carboxylic acids is 2. The number of hydrogen-bond acceptors (Lipinski definition) is 4. The summed E-state index contributed by atoms with van der Waals surface area (Å²) in [4.78, 5) is 28.6. The van der Waals surface area contributed by atoms with Gasteiger partial charge in [0.1, 0.15) is 6.10 Å². The number of rotatable bonds is 3. The highest BCUT2D eigenvalue weighted by Gasteiger charge is 2.34. The van der Waals surface area contributed by atoms with Gasteiger partial charge in [-0.05, 0) is 37.1 Å². The van der Waals surface area contributed by atoms with Crippen LogP contribution < -0.4 is 5.73 Å². The molecule has 0 radical (unpaired) electrons. The molecular weight excluding hydrogens is 410 g/mol. The van der Waals surface area contributed by atoms with Gasteiger partial charge in [0.25, 0.3) is 11.8 Å². The van der Waals surface area contributed by atoms with Gasteiger partial charge >= 0.3 is 0 Å². The number of benzene rings is 1. The van der Waals surface area contributed by atoms with Crippen LogP contribution in [0.25, 0.3) is 0 Å². The van der Waals surface area contributed by atoms with Crippen molar-refractivity contribution >= 4 is 40.2 Å². The number of nitrogens with zero attached hydrogens (tertiary/aromatic N) is 2. The van der Waals surface area contributed by atoms with Crippen molar-refractivity contribution in [1.29, 1.82) is 0 Å². The first-order chi connectivity index (χ1) is 11.6. The predicted molar refractivity (Wildman–Crippen MR) is 101 cm³/mol. The van der Waals surface area contributed by atoms with Crippen molar-refractivity contribution in [3.63, 3.8) is 0 Å². The largest absolute Gasteiger partial charge is 0.364 e. The molecule has 0 spiro atoms. The number of amides is 2. The minimum absolute atomic E-state index is 0. The summed E-state index contributed by atoms with van der Waals surface area (Å²) in [6.45, 7) is 2.66. The van der Waals surface area contributed by atoms with Crippen molar-refractivity contribution in [2.75, 3.05) is 32.7 Å². The zero-order chi connectivity index (χ0) is 17.1. The summed E-state index contributed by atoms with van der Waals surface area (Å²) in [6.07, 6.45) is 1.21. The zero-order valence-corrected chi connectivity index (χ0v) is 16.3. The van der Waals surface area contributed by atoms with Gasteiger partial charge in [0.2, 0.25) is 0 Å². The molecule has 2 amide bonds. The molecule has 2 aliphatic rings. The van der Waals surface area contributed by atoms with E-state index in [-0.39, 0.29) is 36.4 Å². The number of halogens is 2. The first kappa shape index (κ1) is 20.2. The Balaban J connectivity index is 0.00000225. The molecule has 25 heavy (non-hydrogen) atoms. The van der Waals surface area contributed by atoms with Crippen LogP contribution in [0.1, 0.15) is 23.2 Å². The highest BCUT2D eigenvalue weighted by Crippen LogP contribution is 2.21. The van der Waals surface area contributed by atoms with E-state index in [1.807, 2.05) is 24.3 Å². The van der Waals surface area contributed by atoms with Gasteiger partial charge in [-0.2, -0.15) is 0 Å². The summed E-state index contributed by atoms with van der Waals surface area (Å²) in [5.41, 5.74) is 6.26. The second kappa shape index (κ2) is 8.98. The number of piperazine rings is 1. The Labute approximate surface area is 162 Å². The Morgan fingerprint density at radius 3 is 2.24 bits per heavy atom. The topological polar surface area (TPSA) is 75.9 Å². The number of carbonyl (C=O) groups is 2. The standard InChI is InChI=1S/C17H22BrN3O3.ClH/c18-13-3-1-12(2-4-13)16(22)20-7-9-21(10-8-20)17(23)15-6-5-14(11-19)24-15;/h1-4,14-15H,5-11,19H2;1H/t14-,15+;/m1./s1. The molecule has 1 aromatic rings. The molecule has 6 nitrogen and oxygen atoms in total. The van der Waals surface area contributed by atoms with Crippen LogP contribution in [-0.2, 0) is 9.53 Å². The van der Waals surface area contributed by atoms with Crippen LogP contribution in [0.4, 0.5) is 0 Å². The Bertz CT molecular complexity index is 606. The van der Waals surface area contributed by atoms with E-state index >= 15 is 0 Å². The minimum atomic E-state index is -0.368. The van der Waals surface area contributed by atoms with Gasteiger partial charge in [-0.1, -0.05) is 15.9 Å². The molecule has 2 saturated heterocycles. The fourth-order valence-electron chi connectivity index (χ4n) is 3.17. The van der Waals surface area contributed by atoms with Crippen LogP contribution in [0.2, 0.25) is 0 Å². The van der Waals surface area contributed by atoms with Gasteiger partial charge in [-0.25, -0.2) is 0 Å². The van der Waals surface area contributed by atoms with E-state index in [9.17, 15) is 9.59 Å². The van der Waals surface area contributed by atoms with Crippen molar-refractivity contribution in [3.8, 4) is 0 Å². The molecule has 138 valence electrons. The lowest BCUT2D eigenvalue weighted by Crippen LogP contribution is -2.53. The maximum Gasteiger partial charge on any atom is 0.253 e. The molecule has 0 aliphatic carbocycles. The predicted octanol–water partition coefficient (Wildman–Crippen LogP) is 1.66. The normalized spacial score (nSPS) is 23.3. The lowest BCUT2D eigenvalue weighted by atomic mass is 10.1. The van der Waals surface area contributed by atoms with E-state index in [1.165, 1.54) is 0 Å². The first-order valence-corrected chi connectivity index (χ1v) is 9.07. The summed E-state index contributed by atoms with van der Waals surface area (Å²) >= 11 is 3.37. The van der Waals surface area contributed by atoms with Crippen LogP contribution in [0, 0.1) is 0 Å². The van der Waals surface area contributed by atoms with E-state index in [0.717, 1.165) is 17.3 Å². The van der Waals surface area contributed by atoms with E-state index < -0.39 is 0 Å². The van der Waals surface area contributed by atoms with E-state index in [1.54, 1.807) is 9.80 Å². The average molecular weight is 433 g/mol. The highest BCUT2D eigenvalue weighted by atomic mass is 79.9. The summed E-state index contributed by atoms with van der Waals surface area (Å²) in [5, 5.41) is 0. The molecule has 3 rings (SSSR count). The van der Waals surface area contributed by atoms with E-state index in [4.69, 9.17) is 10.5 Å². The Kier molecular flexibility index (Phi) is 7.25. The van der Waals surface area contributed by atoms with Gasteiger partial charge < -0.3 is 20.3 Å². The molecule has 0 unspecified atom stereocenters. The molecule has 0 bridgehead atoms. The maximum absolute atomic E-state index is 12.5. The van der Waals surface area contributed by atoms with Crippen LogP contribution in [-0.4, -0.2) is 66.5 Å². The van der Waals surface area contributed by atoms with Crippen molar-refractivity contribution in [3.05, 3.63) is 34.3 Å². The van der Waals surface area contributed by atoms with Crippen molar-refractivity contribution < 1.29 is 14.3 Å². The molecule has 2 atom stereocenters. The van der Waals surface area contributed by atoms with Gasteiger partial charge in [0, 0.05) is 42.8 Å². The van der Waals surface area contributed by atoms with Crippen molar-refractivity contribution in [1.82, 2.24) is 9.80 Å². The van der Waals surface area contributed by atoms with Crippen LogP contribution in [0.3, 0.4) is 0 Å². The van der Waals surface area contributed by atoms with Gasteiger partial charge in [-0.15, -0.1) is 12.4 Å². The first-order valence-electron chi connectivity index (χ1n) is 8.27. The Morgan fingerprint density at radius 1 is 1.08 bits per heavy atom. The zero-order valence-electron chi connectivity index (χ0n) is 13.9. The van der Waals surface area contributed by atoms with Crippen LogP contribution in [0.5, 0.6) is 0 Å². The quantitative estimate of drug-likeness (QED) is 0.788. The third kappa shape index (κ3) is 4.73. The summed E-state index contributed by atoms with van der Waals surface area (Å²) in [6, 6.07) is 7.34. The smallest absolute Gasteiger partial charge is 0.253 e. The summed E-state index contributed by atoms with van der Waals surface area (Å²) in [5.74, 6) is 0.0385. The number of nitrogens with two attached hydrogens (primary N) is 1. The molecule has 2 fully saturated rings. The Hall–Kier alpha value is -1.15. The third-order valence-electron chi connectivity index (χ3n) is 4.62. The van der Waals surface area contributed by atoms with E-state index in [2.05, 4.69) is 15.9 Å². The lowest BCUT2D eigenvalue weighted by molar-refractivity contribution is -0.144. The average Bonchev–Trinajstić information content (AvgIpc) is 3.10. The highest BCUT2D eigenvalue weighted by molar-refractivity contribution is 9.10. The summed E-state index contributed by atoms with van der Waals surface area (Å²) in [7, 11) is 0. The summed E-state index contributed by atoms with van der Waals surface area (Å²) < 4.78 is 6.63. The monoisotopic (exact) mass is 431 g/mol. The second-order valence-electron chi connectivity index (χ2n) is 6.18. The minimum Gasteiger partial charge on any atom is -0.364 e. The van der Waals surface area contributed by atoms with Crippen LogP contribution >= 0.6 is 28.3 Å². The van der Waals surface area contributed by atoms with E-state index in [0.29, 0.717) is 38.3 Å². The lowest BCUT2D eigenvalue weighted by Gasteiger charge is -2.35. The molecule has 8 heteroatoms. The number of hydrogen-bond donors (Lipinski definition) is 1. The maximum atomic E-state index is 12.5. The van der Waals surface area contributed by atoms with Crippen LogP contribution in [0.15, 0.2) is 28.7 Å². The molecule has 0 saturated carbocycles. The molecule has 2 N–H and O–H groups in total. The van der Waals surface area contributed by atoms with Gasteiger partial charge in [-0.3, -0.25) is 9.59 Å². The SMILES string of the molecule is Cl.NC[C@H]1CC[C@@H](C(=O)N2CCN(C(=O)c3ccc(Br)cc3)CC2)O1. The van der Waals surface area contributed by atoms with Gasteiger partial charge in [0.05, 0.1) is 6.10 Å². The number of ether oxygens (including phenoxy) is 1. The van der Waals surface area contributed by atoms with Crippen molar-refractivity contribution in [2.24, 2.45) is 5.73 Å². The molecule has 0 aromatic heterocycles. The third-order valence-corrected chi connectivity index (χ3v) is 5.14. The van der Waals surface area contributed by atoms with Crippen molar-refractivity contribution in [2.45, 2.75) is 25.0 Å². The Morgan fingerprint density at radius 2 is 1.68 bits per heavy atom. The fourth-order valence-corrected chi connectivity index (χ4v) is 3.43. The fraction of sp³-hybridized carbons (Fsp3) is 0.529. The van der Waals surface area contributed by atoms with Gasteiger partial charge in [0.15, 0.2) is 0 Å². The molecule has 2 heterocycles. The second-order valence-corrected chi connectivity index (χ2v) is 7.10.